The van der Waals surface area contributed by atoms with E-state index in [1.165, 1.54) is 6.08 Å². The fourth-order valence-electron chi connectivity index (χ4n) is 0.360. The third-order valence-corrected chi connectivity index (χ3v) is 1.62. The number of allylic oxidation sites excluding steroid dienone is 4. The molecule has 0 amide bonds. The van der Waals surface area contributed by atoms with Gasteiger partial charge >= 0.3 is 0 Å². The highest BCUT2D eigenvalue weighted by molar-refractivity contribution is 9.09. The molecule has 0 saturated carbocycles. The minimum Gasteiger partial charge on any atom is -0.401 e. The Balaban J connectivity index is 3.91. The largest absolute Gasteiger partial charge is 0.401 e. The Labute approximate surface area is 68.9 Å². The van der Waals surface area contributed by atoms with E-state index in [4.69, 9.17) is 5.73 Å². The fourth-order valence-corrected chi connectivity index (χ4v) is 0.547. The van der Waals surface area contributed by atoms with Crippen LogP contribution in [0.25, 0.3) is 0 Å². The molecular weight excluding hydrogens is 197 g/mol. The molecule has 0 bridgehead atoms. The van der Waals surface area contributed by atoms with Gasteiger partial charge in [-0.15, -0.1) is 0 Å². The molecule has 1 nitrogen and oxygen atoms in total. The molecule has 0 aromatic carbocycles. The van der Waals surface area contributed by atoms with Crippen molar-refractivity contribution in [2.24, 2.45) is 5.73 Å². The summed E-state index contributed by atoms with van der Waals surface area (Å²) in [6.07, 6.45) is 3.37. The molecular formula is C7H11BrFN. The standard InChI is InChI=1S/C7H11BrFN/c1-2-6(9)3-4-7(10)5-8/h3-4H,2,5,10H2,1H3/b6-3+,7-4-. The van der Waals surface area contributed by atoms with Crippen molar-refractivity contribution in [3.8, 4) is 0 Å². The van der Waals surface area contributed by atoms with E-state index >= 15 is 0 Å². The molecule has 0 unspecified atom stereocenters. The quantitative estimate of drug-likeness (QED) is 0.559. The van der Waals surface area contributed by atoms with Gasteiger partial charge in [-0.1, -0.05) is 22.9 Å². The first-order chi connectivity index (χ1) is 4.70. The molecule has 0 spiro atoms. The van der Waals surface area contributed by atoms with Crippen LogP contribution < -0.4 is 5.73 Å². The average Bonchev–Trinajstić information content (AvgIpc) is 1.99. The lowest BCUT2D eigenvalue weighted by atomic mass is 10.3. The van der Waals surface area contributed by atoms with Crippen molar-refractivity contribution in [3.05, 3.63) is 23.7 Å². The van der Waals surface area contributed by atoms with Crippen molar-refractivity contribution < 1.29 is 4.39 Å². The monoisotopic (exact) mass is 207 g/mol. The zero-order valence-electron chi connectivity index (χ0n) is 5.90. The molecule has 2 N–H and O–H groups in total. The van der Waals surface area contributed by atoms with Gasteiger partial charge in [0.1, 0.15) is 0 Å². The summed E-state index contributed by atoms with van der Waals surface area (Å²) < 4.78 is 12.4. The molecule has 0 aromatic heterocycles. The maximum Gasteiger partial charge on any atom is 0.0997 e. The van der Waals surface area contributed by atoms with Gasteiger partial charge in [0, 0.05) is 11.0 Å². The third-order valence-electron chi connectivity index (χ3n) is 0.970. The summed E-state index contributed by atoms with van der Waals surface area (Å²) >= 11 is 3.14. The Hall–Kier alpha value is -0.310. The van der Waals surface area contributed by atoms with Crippen LogP contribution in [0.3, 0.4) is 0 Å². The van der Waals surface area contributed by atoms with Crippen molar-refractivity contribution in [1.29, 1.82) is 0 Å². The normalized spacial score (nSPS) is 13.9. The van der Waals surface area contributed by atoms with Crippen LogP contribution in [0.2, 0.25) is 0 Å². The Bertz CT molecular complexity index is 134. The molecule has 0 fully saturated rings. The highest BCUT2D eigenvalue weighted by Gasteiger charge is 1.86. The van der Waals surface area contributed by atoms with E-state index in [0.717, 1.165) is 0 Å². The van der Waals surface area contributed by atoms with Gasteiger partial charge in [0.05, 0.1) is 5.83 Å². The van der Waals surface area contributed by atoms with Crippen LogP contribution in [0, 0.1) is 0 Å². The molecule has 10 heavy (non-hydrogen) atoms. The minimum atomic E-state index is -0.149. The van der Waals surface area contributed by atoms with Crippen molar-refractivity contribution in [1.82, 2.24) is 0 Å². The smallest absolute Gasteiger partial charge is 0.0997 e. The molecule has 0 saturated heterocycles. The highest BCUT2D eigenvalue weighted by Crippen LogP contribution is 2.02. The summed E-state index contributed by atoms with van der Waals surface area (Å²) in [5.41, 5.74) is 6.01. The molecule has 0 atom stereocenters. The van der Waals surface area contributed by atoms with E-state index in [0.29, 0.717) is 17.4 Å². The van der Waals surface area contributed by atoms with Crippen LogP contribution in [-0.2, 0) is 0 Å². The second-order valence-corrected chi connectivity index (χ2v) is 2.40. The maximum absolute atomic E-state index is 12.4. The first-order valence-electron chi connectivity index (χ1n) is 3.07. The number of hydrogen-bond acceptors (Lipinski definition) is 1. The van der Waals surface area contributed by atoms with Gasteiger partial charge in [0.2, 0.25) is 0 Å². The van der Waals surface area contributed by atoms with E-state index < -0.39 is 0 Å². The minimum absolute atomic E-state index is 0.149. The number of alkyl halides is 1. The van der Waals surface area contributed by atoms with Gasteiger partial charge in [-0.2, -0.15) is 0 Å². The van der Waals surface area contributed by atoms with Gasteiger partial charge in [-0.05, 0) is 18.6 Å². The summed E-state index contributed by atoms with van der Waals surface area (Å²) in [5, 5.41) is 0.584. The molecule has 58 valence electrons. The second kappa shape index (κ2) is 5.47. The summed E-state index contributed by atoms with van der Waals surface area (Å²) in [6, 6.07) is 0. The summed E-state index contributed by atoms with van der Waals surface area (Å²) in [4.78, 5) is 0. The van der Waals surface area contributed by atoms with Gasteiger partial charge in [-0.3, -0.25) is 0 Å². The van der Waals surface area contributed by atoms with E-state index in [1.807, 2.05) is 0 Å². The van der Waals surface area contributed by atoms with Crippen LogP contribution in [-0.4, -0.2) is 5.33 Å². The molecule has 0 rings (SSSR count). The van der Waals surface area contributed by atoms with Crippen molar-refractivity contribution in [2.75, 3.05) is 5.33 Å². The summed E-state index contributed by atoms with van der Waals surface area (Å²) in [6.45, 7) is 1.75. The summed E-state index contributed by atoms with van der Waals surface area (Å²) in [7, 11) is 0. The lowest BCUT2D eigenvalue weighted by Gasteiger charge is -1.89. The van der Waals surface area contributed by atoms with Crippen LogP contribution in [0.15, 0.2) is 23.7 Å². The Morgan fingerprint density at radius 3 is 2.60 bits per heavy atom. The Kier molecular flexibility index (Phi) is 5.30. The fraction of sp³-hybridized carbons (Fsp3) is 0.429. The maximum atomic E-state index is 12.4. The zero-order chi connectivity index (χ0) is 7.98. The predicted octanol–water partition coefficient (Wildman–Crippen LogP) is 2.49. The Morgan fingerprint density at radius 2 is 2.20 bits per heavy atom. The summed E-state index contributed by atoms with van der Waals surface area (Å²) in [5.74, 6) is -0.149. The number of nitrogens with two attached hydrogens (primary N) is 1. The number of hydrogen-bond donors (Lipinski definition) is 1. The zero-order valence-corrected chi connectivity index (χ0v) is 7.49. The Morgan fingerprint density at radius 1 is 1.60 bits per heavy atom. The van der Waals surface area contributed by atoms with Gasteiger partial charge < -0.3 is 5.73 Å². The lowest BCUT2D eigenvalue weighted by molar-refractivity contribution is 0.604. The molecule has 3 heteroatoms. The van der Waals surface area contributed by atoms with Crippen LogP contribution in [0.1, 0.15) is 13.3 Å². The van der Waals surface area contributed by atoms with Crippen molar-refractivity contribution in [2.45, 2.75) is 13.3 Å². The van der Waals surface area contributed by atoms with E-state index in [9.17, 15) is 4.39 Å². The molecule has 0 aliphatic heterocycles. The van der Waals surface area contributed by atoms with E-state index in [1.54, 1.807) is 13.0 Å². The van der Waals surface area contributed by atoms with E-state index in [2.05, 4.69) is 15.9 Å². The molecule has 0 aliphatic rings. The van der Waals surface area contributed by atoms with Crippen molar-refractivity contribution in [3.63, 3.8) is 0 Å². The molecule has 0 heterocycles. The number of rotatable bonds is 3. The van der Waals surface area contributed by atoms with Crippen LogP contribution >= 0.6 is 15.9 Å². The van der Waals surface area contributed by atoms with Crippen LogP contribution in [0.4, 0.5) is 4.39 Å². The van der Waals surface area contributed by atoms with E-state index in [-0.39, 0.29) is 5.83 Å². The second-order valence-electron chi connectivity index (χ2n) is 1.84. The SMILES string of the molecule is CC/C(F)=C\C=C(/N)CBr. The first kappa shape index (κ1) is 9.69. The van der Waals surface area contributed by atoms with Gasteiger partial charge in [0.25, 0.3) is 0 Å². The predicted molar refractivity (Wildman–Crippen MR) is 45.5 cm³/mol. The van der Waals surface area contributed by atoms with Crippen molar-refractivity contribution >= 4 is 15.9 Å². The average molecular weight is 208 g/mol. The van der Waals surface area contributed by atoms with Gasteiger partial charge in [0.15, 0.2) is 0 Å². The van der Waals surface area contributed by atoms with Gasteiger partial charge in [-0.25, -0.2) is 4.39 Å². The topological polar surface area (TPSA) is 26.0 Å². The number of halogens is 2. The third kappa shape index (κ3) is 4.56. The lowest BCUT2D eigenvalue weighted by Crippen LogP contribution is -1.96. The first-order valence-corrected chi connectivity index (χ1v) is 4.19. The molecule has 0 aromatic rings. The van der Waals surface area contributed by atoms with Crippen LogP contribution in [0.5, 0.6) is 0 Å². The molecule has 0 aliphatic carbocycles. The highest BCUT2D eigenvalue weighted by atomic mass is 79.9. The molecule has 0 radical (unpaired) electrons.